The minimum absolute atomic E-state index is 0.0493. The highest BCUT2D eigenvalue weighted by atomic mass is 16.5. The first-order chi connectivity index (χ1) is 16.1. The van der Waals surface area contributed by atoms with E-state index in [4.69, 9.17) is 15.2 Å². The van der Waals surface area contributed by atoms with Gasteiger partial charge in [-0.05, 0) is 36.1 Å². The number of amides is 1. The number of nitrogens with two attached hydrogens (primary N) is 1. The van der Waals surface area contributed by atoms with Crippen LogP contribution < -0.4 is 25.8 Å². The van der Waals surface area contributed by atoms with Gasteiger partial charge in [0.1, 0.15) is 5.75 Å². The van der Waals surface area contributed by atoms with Crippen molar-refractivity contribution in [2.45, 2.75) is 25.4 Å². The van der Waals surface area contributed by atoms with Crippen LogP contribution in [0.25, 0.3) is 11.2 Å². The van der Waals surface area contributed by atoms with Crippen LogP contribution in [0.3, 0.4) is 0 Å². The monoisotopic (exact) mass is 451 g/mol. The quantitative estimate of drug-likeness (QED) is 0.416. The second kappa shape index (κ2) is 8.94. The molecule has 0 unspecified atom stereocenters. The molecule has 1 amide bonds. The number of imidazole rings is 1. The maximum atomic E-state index is 12.2. The van der Waals surface area contributed by atoms with Gasteiger partial charge in [0.05, 0.1) is 19.2 Å². The molecule has 33 heavy (non-hydrogen) atoms. The number of carbonyl (C=O) groups is 1. The number of nitrogens with zero attached hydrogens (tertiary/aromatic N) is 4. The molecule has 0 radical (unpaired) electrons. The van der Waals surface area contributed by atoms with Crippen LogP contribution in [0.4, 0.5) is 5.82 Å². The largest absolute Gasteiger partial charge is 0.483 e. The molecule has 0 saturated carbocycles. The van der Waals surface area contributed by atoms with E-state index in [0.29, 0.717) is 42.9 Å². The summed E-state index contributed by atoms with van der Waals surface area (Å²) in [5, 5.41) is 16.5. The number of hydrogen-bond donors (Lipinski definition) is 4. The number of hydrogen-bond acceptors (Lipinski definition) is 9. The lowest BCUT2D eigenvalue weighted by Gasteiger charge is -2.27. The Hall–Kier alpha value is -3.86. The van der Waals surface area contributed by atoms with Gasteiger partial charge in [0.2, 0.25) is 0 Å². The highest BCUT2D eigenvalue weighted by molar-refractivity contribution is 5.83. The Balaban J connectivity index is 1.43. The molecule has 2 aliphatic heterocycles. The molecule has 5 N–H and O–H groups in total. The molecule has 172 valence electrons. The van der Waals surface area contributed by atoms with Gasteiger partial charge in [0.15, 0.2) is 23.6 Å². The Bertz CT molecular complexity index is 1220. The molecule has 1 fully saturated rings. The van der Waals surface area contributed by atoms with Crippen LogP contribution in [0.1, 0.15) is 17.5 Å². The molecule has 11 nitrogen and oxygen atoms in total. The van der Waals surface area contributed by atoms with E-state index in [-0.39, 0.29) is 36.4 Å². The summed E-state index contributed by atoms with van der Waals surface area (Å²) < 4.78 is 13.0. The first kappa shape index (κ1) is 21.0. The fraction of sp³-hybridized carbons (Fsp3) is 0.364. The molecule has 0 spiro atoms. The third-order valence-electron chi connectivity index (χ3n) is 5.57. The van der Waals surface area contributed by atoms with E-state index in [1.165, 1.54) is 0 Å². The van der Waals surface area contributed by atoms with Crippen LogP contribution in [-0.2, 0) is 17.8 Å². The SMILES string of the molecule is Nc1nc2nc3c1nc(O)n3Cc1ccc(OCC(=O)NC3CNC3)c(c1)C/C=C\CCO2. The summed E-state index contributed by atoms with van der Waals surface area (Å²) in [6.07, 6.45) is 5.31. The normalized spacial score (nSPS) is 17.1. The summed E-state index contributed by atoms with van der Waals surface area (Å²) in [7, 11) is 0. The summed E-state index contributed by atoms with van der Waals surface area (Å²) in [6, 6.07) is 5.83. The lowest BCUT2D eigenvalue weighted by Crippen LogP contribution is -2.57. The van der Waals surface area contributed by atoms with Crippen LogP contribution in [-0.4, -0.2) is 62.9 Å². The fourth-order valence-electron chi connectivity index (χ4n) is 3.76. The van der Waals surface area contributed by atoms with Gasteiger partial charge in [0, 0.05) is 13.1 Å². The third kappa shape index (κ3) is 4.53. The number of ether oxygens (including phenoxy) is 2. The summed E-state index contributed by atoms with van der Waals surface area (Å²) >= 11 is 0. The van der Waals surface area contributed by atoms with Crippen molar-refractivity contribution in [3.05, 3.63) is 41.5 Å². The second-order valence-corrected chi connectivity index (χ2v) is 8.03. The van der Waals surface area contributed by atoms with Crippen molar-refractivity contribution in [2.75, 3.05) is 32.0 Å². The zero-order valence-corrected chi connectivity index (χ0v) is 18.0. The maximum Gasteiger partial charge on any atom is 0.320 e. The smallest absolute Gasteiger partial charge is 0.320 e. The summed E-state index contributed by atoms with van der Waals surface area (Å²) in [6.45, 7) is 2.21. The van der Waals surface area contributed by atoms with E-state index in [2.05, 4.69) is 25.6 Å². The van der Waals surface area contributed by atoms with Gasteiger partial charge in [-0.1, -0.05) is 18.2 Å². The number of anilines is 1. The lowest BCUT2D eigenvalue weighted by molar-refractivity contribution is -0.124. The summed E-state index contributed by atoms with van der Waals surface area (Å²) in [4.78, 5) is 24.8. The minimum atomic E-state index is -0.209. The molecule has 2 aliphatic rings. The Kier molecular flexibility index (Phi) is 5.69. The van der Waals surface area contributed by atoms with Gasteiger partial charge >= 0.3 is 6.01 Å². The second-order valence-electron chi connectivity index (χ2n) is 8.03. The molecule has 0 aliphatic carbocycles. The van der Waals surface area contributed by atoms with Gasteiger partial charge in [-0.3, -0.25) is 9.36 Å². The number of nitrogens with one attached hydrogen (secondary N) is 2. The Labute approximate surface area is 189 Å². The number of rotatable bonds is 4. The number of fused-ring (bicyclic) bond motifs is 3. The molecule has 2 aromatic heterocycles. The Morgan fingerprint density at radius 3 is 3.00 bits per heavy atom. The van der Waals surface area contributed by atoms with Crippen LogP contribution >= 0.6 is 0 Å². The molecule has 4 bridgehead atoms. The zero-order valence-electron chi connectivity index (χ0n) is 18.0. The number of allylic oxidation sites excluding steroid dienone is 1. The average Bonchev–Trinajstić information content (AvgIpc) is 3.08. The Morgan fingerprint density at radius 2 is 2.18 bits per heavy atom. The number of carbonyl (C=O) groups excluding carboxylic acids is 1. The van der Waals surface area contributed by atoms with Crippen LogP contribution in [0.5, 0.6) is 17.8 Å². The standard InChI is InChI=1S/C22H25N7O4/c23-19-18-20-28-21(27-19)32-7-3-1-2-4-14-8-13(11-29(20)22(31)26-18)5-6-16(14)33-12-17(30)25-15-9-24-10-15/h1-2,5-6,8,15,24H,3-4,7,9-12H2,(H,25,30)(H,26,31)(H2,23,27,28)/b2-1-. The predicted octanol–water partition coefficient (Wildman–Crippen LogP) is 0.510. The van der Waals surface area contributed by atoms with E-state index >= 15 is 0 Å². The third-order valence-corrected chi connectivity index (χ3v) is 5.57. The van der Waals surface area contributed by atoms with E-state index < -0.39 is 0 Å². The average molecular weight is 451 g/mol. The predicted molar refractivity (Wildman–Crippen MR) is 120 cm³/mol. The van der Waals surface area contributed by atoms with Crippen molar-refractivity contribution in [2.24, 2.45) is 0 Å². The maximum absolute atomic E-state index is 12.2. The van der Waals surface area contributed by atoms with Gasteiger partial charge < -0.3 is 30.9 Å². The molecule has 3 aromatic rings. The molecule has 5 rings (SSSR count). The van der Waals surface area contributed by atoms with Crippen molar-refractivity contribution < 1.29 is 19.4 Å². The van der Waals surface area contributed by atoms with E-state index in [0.717, 1.165) is 24.2 Å². The van der Waals surface area contributed by atoms with Crippen LogP contribution in [0, 0.1) is 0 Å². The van der Waals surface area contributed by atoms with Gasteiger partial charge in [-0.15, -0.1) is 0 Å². The number of benzene rings is 1. The van der Waals surface area contributed by atoms with Gasteiger partial charge in [0.25, 0.3) is 11.9 Å². The molecular weight excluding hydrogens is 426 g/mol. The van der Waals surface area contributed by atoms with Crippen molar-refractivity contribution in [1.82, 2.24) is 30.2 Å². The van der Waals surface area contributed by atoms with Gasteiger partial charge in [-0.2, -0.15) is 15.0 Å². The molecular formula is C22H25N7O4. The van der Waals surface area contributed by atoms with Gasteiger partial charge in [-0.25, -0.2) is 0 Å². The number of aromatic nitrogens is 4. The van der Waals surface area contributed by atoms with Crippen LogP contribution in [0.2, 0.25) is 0 Å². The highest BCUT2D eigenvalue weighted by Crippen LogP contribution is 2.28. The summed E-state index contributed by atoms with van der Waals surface area (Å²) in [5.74, 6) is 0.642. The van der Waals surface area contributed by atoms with Crippen molar-refractivity contribution >= 4 is 22.9 Å². The molecule has 11 heteroatoms. The van der Waals surface area contributed by atoms with E-state index in [9.17, 15) is 9.90 Å². The van der Waals surface area contributed by atoms with Crippen LogP contribution in [0.15, 0.2) is 30.4 Å². The van der Waals surface area contributed by atoms with Crippen molar-refractivity contribution in [3.63, 3.8) is 0 Å². The number of aromatic hydroxyl groups is 1. The van der Waals surface area contributed by atoms with Crippen molar-refractivity contribution in [1.29, 1.82) is 0 Å². The zero-order chi connectivity index (χ0) is 22.8. The van der Waals surface area contributed by atoms with Crippen molar-refractivity contribution in [3.8, 4) is 17.8 Å². The Morgan fingerprint density at radius 1 is 1.30 bits per heavy atom. The molecule has 4 heterocycles. The summed E-state index contributed by atoms with van der Waals surface area (Å²) in [5.41, 5.74) is 8.56. The fourth-order valence-corrected chi connectivity index (χ4v) is 3.76. The first-order valence-electron chi connectivity index (χ1n) is 10.8. The molecule has 1 aromatic carbocycles. The molecule has 1 saturated heterocycles. The topological polar surface area (TPSA) is 149 Å². The molecule has 0 atom stereocenters. The minimum Gasteiger partial charge on any atom is -0.483 e. The van der Waals surface area contributed by atoms with E-state index in [1.54, 1.807) is 4.57 Å². The highest BCUT2D eigenvalue weighted by Gasteiger charge is 2.20. The lowest BCUT2D eigenvalue weighted by atomic mass is 10.1. The number of nitrogen functional groups attached to an aromatic ring is 1. The van der Waals surface area contributed by atoms with E-state index in [1.807, 2.05) is 30.4 Å². The first-order valence-corrected chi connectivity index (χ1v) is 10.8.